The van der Waals surface area contributed by atoms with Crippen LogP contribution in [0.3, 0.4) is 0 Å². The second kappa shape index (κ2) is 7.36. The van der Waals surface area contributed by atoms with Gasteiger partial charge >= 0.3 is 0 Å². The molecule has 0 unspecified atom stereocenters. The van der Waals surface area contributed by atoms with Crippen molar-refractivity contribution in [3.63, 3.8) is 0 Å². The predicted molar refractivity (Wildman–Crippen MR) is 100 cm³/mol. The molecular formula is C19H18N4O4. The van der Waals surface area contributed by atoms with E-state index in [0.717, 1.165) is 11.1 Å². The molecule has 1 aromatic heterocycles. The summed E-state index contributed by atoms with van der Waals surface area (Å²) in [4.78, 5) is 41.0. The fourth-order valence-corrected chi connectivity index (χ4v) is 2.77. The average Bonchev–Trinajstić information content (AvgIpc) is 2.65. The van der Waals surface area contributed by atoms with Crippen LogP contribution < -0.4 is 5.56 Å². The van der Waals surface area contributed by atoms with Crippen molar-refractivity contribution in [2.45, 2.75) is 20.0 Å². The molecule has 0 aliphatic rings. The van der Waals surface area contributed by atoms with Crippen molar-refractivity contribution in [3.05, 3.63) is 80.4 Å². The number of amides is 1. The number of carbonyl (C=O) groups is 1. The quantitative estimate of drug-likeness (QED) is 0.509. The maximum atomic E-state index is 12.6. The van der Waals surface area contributed by atoms with Crippen LogP contribution in [0.5, 0.6) is 0 Å². The first kappa shape index (κ1) is 18.2. The van der Waals surface area contributed by atoms with Gasteiger partial charge in [0.1, 0.15) is 6.54 Å². The summed E-state index contributed by atoms with van der Waals surface area (Å²) in [6, 6.07) is 11.6. The minimum Gasteiger partial charge on any atom is -0.340 e. The number of aromatic nitrogens is 2. The van der Waals surface area contributed by atoms with E-state index in [1.54, 1.807) is 11.9 Å². The zero-order chi connectivity index (χ0) is 19.6. The van der Waals surface area contributed by atoms with E-state index in [-0.39, 0.29) is 29.0 Å². The number of nitro groups is 1. The van der Waals surface area contributed by atoms with Crippen LogP contribution in [-0.2, 0) is 17.9 Å². The van der Waals surface area contributed by atoms with Crippen LogP contribution in [0.2, 0.25) is 0 Å². The van der Waals surface area contributed by atoms with Crippen molar-refractivity contribution < 1.29 is 9.72 Å². The van der Waals surface area contributed by atoms with E-state index in [0.29, 0.717) is 6.54 Å². The molecule has 0 aliphatic heterocycles. The fraction of sp³-hybridized carbons (Fsp3) is 0.211. The maximum Gasteiger partial charge on any atom is 0.271 e. The molecule has 0 fully saturated rings. The fourth-order valence-electron chi connectivity index (χ4n) is 2.77. The predicted octanol–water partition coefficient (Wildman–Crippen LogP) is 2.27. The SMILES string of the molecule is Cc1ccccc1CN(C)C(=O)Cn1cnc2cc([N+](=O)[O-])ccc2c1=O. The van der Waals surface area contributed by atoms with Gasteiger partial charge in [0.15, 0.2) is 0 Å². The number of nitro benzene ring substituents is 1. The average molecular weight is 366 g/mol. The molecular weight excluding hydrogens is 348 g/mol. The second-order valence-electron chi connectivity index (χ2n) is 6.31. The molecule has 0 saturated heterocycles. The van der Waals surface area contributed by atoms with E-state index in [4.69, 9.17) is 0 Å². The third-order valence-corrected chi connectivity index (χ3v) is 4.42. The Bertz CT molecular complexity index is 1090. The zero-order valence-electron chi connectivity index (χ0n) is 15.0. The van der Waals surface area contributed by atoms with Gasteiger partial charge < -0.3 is 4.90 Å². The maximum absolute atomic E-state index is 12.6. The van der Waals surface area contributed by atoms with Crippen LogP contribution in [-0.4, -0.2) is 32.3 Å². The van der Waals surface area contributed by atoms with E-state index < -0.39 is 10.5 Å². The van der Waals surface area contributed by atoms with Crippen molar-refractivity contribution in [2.75, 3.05) is 7.05 Å². The summed E-state index contributed by atoms with van der Waals surface area (Å²) in [7, 11) is 1.68. The normalized spacial score (nSPS) is 10.7. The number of benzene rings is 2. The lowest BCUT2D eigenvalue weighted by Crippen LogP contribution is -2.33. The first-order valence-electron chi connectivity index (χ1n) is 8.29. The molecule has 8 nitrogen and oxygen atoms in total. The molecule has 3 aromatic rings. The number of nitrogens with zero attached hydrogens (tertiary/aromatic N) is 4. The van der Waals surface area contributed by atoms with Gasteiger partial charge in [-0.25, -0.2) is 4.98 Å². The second-order valence-corrected chi connectivity index (χ2v) is 6.31. The summed E-state index contributed by atoms with van der Waals surface area (Å²) in [5.74, 6) is -0.233. The van der Waals surface area contributed by atoms with Crippen LogP contribution in [0.4, 0.5) is 5.69 Å². The highest BCUT2D eigenvalue weighted by Gasteiger charge is 2.15. The molecule has 2 aromatic carbocycles. The highest BCUT2D eigenvalue weighted by molar-refractivity contribution is 5.80. The number of carbonyl (C=O) groups excluding carboxylic acids is 1. The Hall–Kier alpha value is -3.55. The summed E-state index contributed by atoms with van der Waals surface area (Å²) in [5, 5.41) is 11.1. The van der Waals surface area contributed by atoms with Crippen molar-refractivity contribution in [3.8, 4) is 0 Å². The molecule has 8 heteroatoms. The molecule has 0 radical (unpaired) electrons. The Morgan fingerprint density at radius 1 is 1.26 bits per heavy atom. The standard InChI is InChI=1S/C19H18N4O4/c1-13-5-3-4-6-14(13)10-21(2)18(24)11-22-12-20-17-9-15(23(26)27)7-8-16(17)19(22)25/h3-9,12H,10-11H2,1-2H3. The summed E-state index contributed by atoms with van der Waals surface area (Å²) in [6.45, 7) is 2.26. The summed E-state index contributed by atoms with van der Waals surface area (Å²) in [5.41, 5.74) is 1.80. The Morgan fingerprint density at radius 3 is 2.70 bits per heavy atom. The number of hydrogen-bond acceptors (Lipinski definition) is 5. The smallest absolute Gasteiger partial charge is 0.271 e. The molecule has 0 N–H and O–H groups in total. The van der Waals surface area contributed by atoms with E-state index in [1.165, 1.54) is 29.1 Å². The molecule has 0 bridgehead atoms. The molecule has 0 aliphatic carbocycles. The number of non-ortho nitro benzene ring substituents is 1. The van der Waals surface area contributed by atoms with Crippen molar-refractivity contribution in [2.24, 2.45) is 0 Å². The third kappa shape index (κ3) is 3.84. The van der Waals surface area contributed by atoms with Crippen molar-refractivity contribution in [1.82, 2.24) is 14.5 Å². The Morgan fingerprint density at radius 2 is 2.00 bits per heavy atom. The monoisotopic (exact) mass is 366 g/mol. The number of fused-ring (bicyclic) bond motifs is 1. The molecule has 3 rings (SSSR count). The lowest BCUT2D eigenvalue weighted by molar-refractivity contribution is -0.384. The van der Waals surface area contributed by atoms with E-state index >= 15 is 0 Å². The Kier molecular flexibility index (Phi) is 4.98. The zero-order valence-corrected chi connectivity index (χ0v) is 15.0. The van der Waals surface area contributed by atoms with Crippen LogP contribution in [0.15, 0.2) is 53.6 Å². The Labute approximate surface area is 154 Å². The molecule has 0 spiro atoms. The summed E-state index contributed by atoms with van der Waals surface area (Å²) < 4.78 is 1.21. The van der Waals surface area contributed by atoms with Gasteiger partial charge in [-0.1, -0.05) is 24.3 Å². The van der Waals surface area contributed by atoms with Crippen molar-refractivity contribution >= 4 is 22.5 Å². The van der Waals surface area contributed by atoms with E-state index in [9.17, 15) is 19.7 Å². The van der Waals surface area contributed by atoms with Gasteiger partial charge in [-0.3, -0.25) is 24.3 Å². The van der Waals surface area contributed by atoms with Gasteiger partial charge in [-0.15, -0.1) is 0 Å². The van der Waals surface area contributed by atoms with Crippen LogP contribution in [0.1, 0.15) is 11.1 Å². The molecule has 27 heavy (non-hydrogen) atoms. The number of aryl methyl sites for hydroxylation is 1. The number of likely N-dealkylation sites (N-methyl/N-ethyl adjacent to an activating group) is 1. The Balaban J connectivity index is 1.81. The van der Waals surface area contributed by atoms with Crippen LogP contribution in [0, 0.1) is 17.0 Å². The van der Waals surface area contributed by atoms with E-state index in [2.05, 4.69) is 4.98 Å². The van der Waals surface area contributed by atoms with Crippen LogP contribution in [0.25, 0.3) is 10.9 Å². The summed E-state index contributed by atoms with van der Waals surface area (Å²) in [6.07, 6.45) is 1.24. The number of hydrogen-bond donors (Lipinski definition) is 0. The third-order valence-electron chi connectivity index (χ3n) is 4.42. The number of rotatable bonds is 5. The van der Waals surface area contributed by atoms with Crippen LogP contribution >= 0.6 is 0 Å². The lowest BCUT2D eigenvalue weighted by Gasteiger charge is -2.19. The highest BCUT2D eigenvalue weighted by atomic mass is 16.6. The van der Waals surface area contributed by atoms with Crippen molar-refractivity contribution in [1.29, 1.82) is 0 Å². The summed E-state index contributed by atoms with van der Waals surface area (Å²) >= 11 is 0. The van der Waals surface area contributed by atoms with Gasteiger partial charge in [0.25, 0.3) is 11.2 Å². The minimum atomic E-state index is -0.545. The first-order valence-corrected chi connectivity index (χ1v) is 8.29. The van der Waals surface area contributed by atoms with Gasteiger partial charge in [0.05, 0.1) is 22.2 Å². The van der Waals surface area contributed by atoms with Gasteiger partial charge in [0.2, 0.25) is 5.91 Å². The van der Waals surface area contributed by atoms with Gasteiger partial charge in [0, 0.05) is 25.7 Å². The van der Waals surface area contributed by atoms with E-state index in [1.807, 2.05) is 31.2 Å². The molecule has 1 amide bonds. The first-order chi connectivity index (χ1) is 12.9. The molecule has 1 heterocycles. The lowest BCUT2D eigenvalue weighted by atomic mass is 10.1. The largest absolute Gasteiger partial charge is 0.340 e. The molecule has 138 valence electrons. The van der Waals surface area contributed by atoms with Gasteiger partial charge in [-0.2, -0.15) is 0 Å². The molecule has 0 atom stereocenters. The minimum absolute atomic E-state index is 0.138. The highest BCUT2D eigenvalue weighted by Crippen LogP contribution is 2.16. The van der Waals surface area contributed by atoms with Gasteiger partial charge in [-0.05, 0) is 24.1 Å². The molecule has 0 saturated carbocycles. The topological polar surface area (TPSA) is 98.3 Å².